The number of amides is 2. The lowest BCUT2D eigenvalue weighted by Gasteiger charge is -2.52. The van der Waals surface area contributed by atoms with Crippen LogP contribution < -0.4 is 26.0 Å². The molecule has 1 N–H and O–H groups in total. The number of likely N-dealkylation sites (tertiary alicyclic amines) is 1. The van der Waals surface area contributed by atoms with Gasteiger partial charge in [0.2, 0.25) is 5.91 Å². The van der Waals surface area contributed by atoms with Crippen LogP contribution in [0.5, 0.6) is 5.75 Å². The molecule has 298 valence electrons. The summed E-state index contributed by atoms with van der Waals surface area (Å²) >= 11 is 0. The van der Waals surface area contributed by atoms with E-state index in [0.29, 0.717) is 17.0 Å². The van der Waals surface area contributed by atoms with Crippen LogP contribution >= 0.6 is 6.89 Å². The molecule has 6 rings (SSSR count). The van der Waals surface area contributed by atoms with Gasteiger partial charge in [-0.15, -0.1) is 0 Å². The Bertz CT molecular complexity index is 2220. The summed E-state index contributed by atoms with van der Waals surface area (Å²) in [6.07, 6.45) is 0.793. The maximum atomic E-state index is 15.0. The van der Waals surface area contributed by atoms with Gasteiger partial charge in [-0.1, -0.05) is 116 Å². The number of rotatable bonds is 16. The SMILES string of the molecule is C=CCOC(=O)C(N1C(=O)C(C(C)O[Si](C)(C)C)C1CC(=O)c1cccc(C(=O)Nc2ccc(OC)cc2)c1)=P(c1ccccc1)(c1ccccc1)c1ccccc1. The highest BCUT2D eigenvalue weighted by atomic mass is 31.2. The second-order valence-electron chi connectivity index (χ2n) is 15.0. The molecule has 1 heterocycles. The largest absolute Gasteiger partial charge is 0.497 e. The zero-order valence-electron chi connectivity index (χ0n) is 33.5. The molecule has 0 spiro atoms. The Morgan fingerprint density at radius 3 is 1.83 bits per heavy atom. The number of β-lactam (4-membered cyclic amide) rings is 1. The fourth-order valence-electron chi connectivity index (χ4n) is 7.58. The zero-order chi connectivity index (χ0) is 41.5. The van der Waals surface area contributed by atoms with E-state index >= 15 is 0 Å². The van der Waals surface area contributed by atoms with Gasteiger partial charge in [-0.2, -0.15) is 0 Å². The minimum absolute atomic E-state index is 0.0870. The fourth-order valence-corrected chi connectivity index (χ4v) is 13.2. The number of anilines is 1. The highest BCUT2D eigenvalue weighted by Gasteiger charge is 2.56. The Kier molecular flexibility index (Phi) is 13.1. The van der Waals surface area contributed by atoms with E-state index in [1.165, 1.54) is 11.0 Å². The summed E-state index contributed by atoms with van der Waals surface area (Å²) in [5.41, 5.74) is 1.33. The van der Waals surface area contributed by atoms with Crippen molar-refractivity contribution in [1.29, 1.82) is 0 Å². The number of Topliss-reactive ketones (excluding diaryl/α,β-unsaturated/α-hetero) is 1. The van der Waals surface area contributed by atoms with Crippen LogP contribution in [0.1, 0.15) is 34.1 Å². The minimum Gasteiger partial charge on any atom is -0.497 e. The Morgan fingerprint density at radius 2 is 1.33 bits per heavy atom. The monoisotopic (exact) mass is 812 g/mol. The number of nitrogens with zero attached hydrogens (tertiary/aromatic N) is 1. The highest BCUT2D eigenvalue weighted by molar-refractivity contribution is 7.96. The highest BCUT2D eigenvalue weighted by Crippen LogP contribution is 2.50. The number of carbonyl (C=O) groups is 4. The lowest BCUT2D eigenvalue weighted by atomic mass is 9.79. The van der Waals surface area contributed by atoms with Crippen LogP contribution in [0.25, 0.3) is 0 Å². The maximum Gasteiger partial charge on any atom is 0.356 e. The van der Waals surface area contributed by atoms with Crippen LogP contribution in [0.2, 0.25) is 19.6 Å². The molecule has 5 aromatic carbocycles. The Morgan fingerprint density at radius 1 is 0.793 bits per heavy atom. The van der Waals surface area contributed by atoms with Crippen LogP contribution in [0.3, 0.4) is 0 Å². The van der Waals surface area contributed by atoms with E-state index < -0.39 is 39.2 Å². The quantitative estimate of drug-likeness (QED) is 0.0276. The number of hydrogen-bond donors (Lipinski definition) is 1. The van der Waals surface area contributed by atoms with Crippen LogP contribution in [0.4, 0.5) is 5.69 Å². The maximum absolute atomic E-state index is 15.0. The third kappa shape index (κ3) is 8.85. The molecule has 0 aromatic heterocycles. The molecule has 1 fully saturated rings. The summed E-state index contributed by atoms with van der Waals surface area (Å²) in [4.78, 5) is 59.4. The van der Waals surface area contributed by atoms with Gasteiger partial charge in [0.15, 0.2) is 14.1 Å². The van der Waals surface area contributed by atoms with Gasteiger partial charge < -0.3 is 24.1 Å². The third-order valence-electron chi connectivity index (χ3n) is 9.99. The van der Waals surface area contributed by atoms with Gasteiger partial charge in [-0.3, -0.25) is 14.4 Å². The second kappa shape index (κ2) is 18.2. The van der Waals surface area contributed by atoms with Crippen molar-refractivity contribution in [1.82, 2.24) is 4.90 Å². The lowest BCUT2D eigenvalue weighted by Crippen LogP contribution is -2.69. The molecule has 9 nitrogen and oxygen atoms in total. The molecule has 1 aliphatic rings. The van der Waals surface area contributed by atoms with Gasteiger partial charge in [0.1, 0.15) is 17.8 Å². The summed E-state index contributed by atoms with van der Waals surface area (Å²) in [7, 11) is -0.612. The van der Waals surface area contributed by atoms with Crippen LogP contribution in [-0.4, -0.2) is 68.1 Å². The van der Waals surface area contributed by atoms with Gasteiger partial charge >= 0.3 is 5.97 Å². The average molecular weight is 813 g/mol. The van der Waals surface area contributed by atoms with Crippen molar-refractivity contribution in [3.63, 3.8) is 0 Å². The number of benzene rings is 5. The first-order valence-electron chi connectivity index (χ1n) is 19.2. The number of ketones is 1. The number of carbonyl (C=O) groups excluding carboxylic acids is 4. The average Bonchev–Trinajstić information content (AvgIpc) is 3.23. The molecule has 11 heteroatoms. The molecule has 3 atom stereocenters. The van der Waals surface area contributed by atoms with E-state index in [1.807, 2.05) is 118 Å². The molecule has 1 saturated heterocycles. The topological polar surface area (TPSA) is 111 Å². The van der Waals surface area contributed by atoms with E-state index in [9.17, 15) is 19.2 Å². The molecule has 0 radical (unpaired) electrons. The smallest absolute Gasteiger partial charge is 0.356 e. The van der Waals surface area contributed by atoms with Crippen LogP contribution in [0.15, 0.2) is 152 Å². The first-order chi connectivity index (χ1) is 27.9. The summed E-state index contributed by atoms with van der Waals surface area (Å²) in [6, 6.07) is 41.8. The van der Waals surface area contributed by atoms with E-state index in [2.05, 4.69) is 11.9 Å². The lowest BCUT2D eigenvalue weighted by molar-refractivity contribution is -0.156. The standard InChI is InChI=1S/C47H49N2O7PSi/c1-7-30-55-47(53)46(57(38-20-11-8-12-21-38,39-22-13-9-14-23-39)40-24-15-10-16-25-40)49-41(43(45(49)52)33(2)56-58(4,5)6)32-42(50)34-18-17-19-35(31-34)44(51)48-36-26-28-37(54-3)29-27-36/h7-29,31,33,41,43H,1,30,32H2,2-6H3,(H,48,51). The van der Waals surface area contributed by atoms with Gasteiger partial charge in [0.25, 0.3) is 5.91 Å². The molecule has 58 heavy (non-hydrogen) atoms. The molecule has 5 aromatic rings. The molecule has 1 aliphatic heterocycles. The number of esters is 1. The molecule has 0 aliphatic carbocycles. The normalized spacial score (nSPS) is 15.7. The zero-order valence-corrected chi connectivity index (χ0v) is 35.4. The van der Waals surface area contributed by atoms with Crippen molar-refractivity contribution < 1.29 is 33.1 Å². The Balaban J connectivity index is 1.52. The first kappa shape index (κ1) is 41.8. The van der Waals surface area contributed by atoms with Crippen molar-refractivity contribution in [3.05, 3.63) is 163 Å². The number of methoxy groups -OCH3 is 1. The number of nitrogens with one attached hydrogen (secondary N) is 1. The van der Waals surface area contributed by atoms with E-state index in [0.717, 1.165) is 15.9 Å². The molecule has 2 amide bonds. The van der Waals surface area contributed by atoms with Crippen molar-refractivity contribution >= 4 is 65.8 Å². The second-order valence-corrected chi connectivity index (χ2v) is 22.8. The predicted molar refractivity (Wildman–Crippen MR) is 236 cm³/mol. The van der Waals surface area contributed by atoms with E-state index in [-0.39, 0.29) is 41.6 Å². The number of hydrogen-bond acceptors (Lipinski definition) is 7. The van der Waals surface area contributed by atoms with Gasteiger partial charge in [0, 0.05) is 30.1 Å². The molecular weight excluding hydrogens is 764 g/mol. The van der Waals surface area contributed by atoms with Crippen LogP contribution in [-0.2, 0) is 18.8 Å². The van der Waals surface area contributed by atoms with Crippen molar-refractivity contribution in [2.45, 2.75) is 45.1 Å². The summed E-state index contributed by atoms with van der Waals surface area (Å²) in [5.74, 6) is -1.78. The van der Waals surface area contributed by atoms with Gasteiger partial charge in [-0.25, -0.2) is 4.79 Å². The van der Waals surface area contributed by atoms with Crippen LogP contribution in [0, 0.1) is 5.92 Å². The van der Waals surface area contributed by atoms with Crippen molar-refractivity contribution in [2.75, 3.05) is 19.0 Å². The summed E-state index contributed by atoms with van der Waals surface area (Å²) < 4.78 is 17.7. The van der Waals surface area contributed by atoms with Gasteiger partial charge in [0.05, 0.1) is 25.2 Å². The van der Waals surface area contributed by atoms with Crippen molar-refractivity contribution in [3.8, 4) is 5.75 Å². The first-order valence-corrected chi connectivity index (χ1v) is 24.4. The Labute approximate surface area is 341 Å². The Hall–Kier alpha value is -5.80. The summed E-state index contributed by atoms with van der Waals surface area (Å²) in [6.45, 7) is 8.49. The number of ether oxygens (including phenoxy) is 2. The molecule has 3 unspecified atom stereocenters. The van der Waals surface area contributed by atoms with E-state index in [1.54, 1.807) is 55.6 Å². The molecule has 0 bridgehead atoms. The third-order valence-corrected chi connectivity index (χ3v) is 15.3. The summed E-state index contributed by atoms with van der Waals surface area (Å²) in [5, 5.41) is 5.38. The predicted octanol–water partition coefficient (Wildman–Crippen LogP) is 7.44. The van der Waals surface area contributed by atoms with Crippen molar-refractivity contribution in [2.24, 2.45) is 5.92 Å². The van der Waals surface area contributed by atoms with E-state index in [4.69, 9.17) is 13.9 Å². The molecular formula is C47H49N2O7PSi. The van der Waals surface area contributed by atoms with Gasteiger partial charge in [-0.05, 0) is 78.9 Å². The fraction of sp³-hybridized carbons (Fsp3) is 0.213. The molecule has 0 saturated carbocycles. The minimum atomic E-state index is -3.22.